The SMILES string of the molecule is CC(C)CCOc1cccc(NC(=O)CN)c1.Cl. The van der Waals surface area contributed by atoms with Gasteiger partial charge < -0.3 is 15.8 Å². The van der Waals surface area contributed by atoms with Crippen molar-refractivity contribution in [1.29, 1.82) is 0 Å². The highest BCUT2D eigenvalue weighted by Gasteiger charge is 2.01. The third-order valence-electron chi connectivity index (χ3n) is 2.27. The predicted octanol–water partition coefficient (Wildman–Crippen LogP) is 2.43. The van der Waals surface area contributed by atoms with Crippen LogP contribution in [0.4, 0.5) is 5.69 Å². The number of rotatable bonds is 6. The number of benzene rings is 1. The number of hydrogen-bond acceptors (Lipinski definition) is 3. The summed E-state index contributed by atoms with van der Waals surface area (Å²) in [6, 6.07) is 7.33. The van der Waals surface area contributed by atoms with Crippen molar-refractivity contribution in [3.8, 4) is 5.75 Å². The normalized spacial score (nSPS) is 9.78. The number of carbonyl (C=O) groups is 1. The van der Waals surface area contributed by atoms with Crippen LogP contribution < -0.4 is 15.8 Å². The van der Waals surface area contributed by atoms with Gasteiger partial charge in [-0.25, -0.2) is 0 Å². The molecule has 0 saturated heterocycles. The molecule has 0 saturated carbocycles. The molecule has 0 heterocycles. The van der Waals surface area contributed by atoms with E-state index in [2.05, 4.69) is 19.2 Å². The van der Waals surface area contributed by atoms with E-state index in [0.29, 0.717) is 18.2 Å². The Hall–Kier alpha value is -1.26. The van der Waals surface area contributed by atoms with Gasteiger partial charge in [-0.2, -0.15) is 0 Å². The lowest BCUT2D eigenvalue weighted by Crippen LogP contribution is -2.21. The molecule has 0 spiro atoms. The summed E-state index contributed by atoms with van der Waals surface area (Å²) in [5.74, 6) is 1.18. The van der Waals surface area contributed by atoms with Crippen LogP contribution in [-0.2, 0) is 4.79 Å². The molecule has 0 unspecified atom stereocenters. The van der Waals surface area contributed by atoms with E-state index >= 15 is 0 Å². The van der Waals surface area contributed by atoms with Crippen LogP contribution >= 0.6 is 12.4 Å². The Kier molecular flexibility index (Phi) is 8.16. The Bertz CT molecular complexity index is 370. The number of nitrogens with two attached hydrogens (primary N) is 1. The van der Waals surface area contributed by atoms with Gasteiger partial charge in [0.1, 0.15) is 5.75 Å². The van der Waals surface area contributed by atoms with Crippen molar-refractivity contribution in [2.24, 2.45) is 11.7 Å². The summed E-state index contributed by atoms with van der Waals surface area (Å²) >= 11 is 0. The first-order valence-electron chi connectivity index (χ1n) is 5.84. The zero-order valence-corrected chi connectivity index (χ0v) is 11.6. The molecule has 0 aliphatic heterocycles. The van der Waals surface area contributed by atoms with Gasteiger partial charge in [-0.05, 0) is 24.5 Å². The second-order valence-corrected chi connectivity index (χ2v) is 4.31. The summed E-state index contributed by atoms with van der Waals surface area (Å²) in [6.45, 7) is 4.98. The third kappa shape index (κ3) is 6.47. The summed E-state index contributed by atoms with van der Waals surface area (Å²) in [7, 11) is 0. The first-order valence-corrected chi connectivity index (χ1v) is 5.84. The highest BCUT2D eigenvalue weighted by atomic mass is 35.5. The van der Waals surface area contributed by atoms with Crippen LogP contribution in [0, 0.1) is 5.92 Å². The quantitative estimate of drug-likeness (QED) is 0.836. The summed E-state index contributed by atoms with van der Waals surface area (Å²) in [5, 5.41) is 2.69. The fourth-order valence-electron chi connectivity index (χ4n) is 1.29. The monoisotopic (exact) mass is 272 g/mol. The molecule has 1 aromatic rings. The van der Waals surface area contributed by atoms with Gasteiger partial charge in [0.15, 0.2) is 0 Å². The fourth-order valence-corrected chi connectivity index (χ4v) is 1.29. The van der Waals surface area contributed by atoms with Gasteiger partial charge in [-0.3, -0.25) is 4.79 Å². The summed E-state index contributed by atoms with van der Waals surface area (Å²) in [4.78, 5) is 11.1. The number of carbonyl (C=O) groups excluding carboxylic acids is 1. The molecule has 102 valence electrons. The van der Waals surface area contributed by atoms with Gasteiger partial charge >= 0.3 is 0 Å². The van der Waals surface area contributed by atoms with Crippen molar-refractivity contribution >= 4 is 24.0 Å². The van der Waals surface area contributed by atoms with Crippen molar-refractivity contribution in [3.63, 3.8) is 0 Å². The summed E-state index contributed by atoms with van der Waals surface area (Å²) < 4.78 is 5.59. The van der Waals surface area contributed by atoms with Gasteiger partial charge in [0.25, 0.3) is 0 Å². The van der Waals surface area contributed by atoms with Gasteiger partial charge in [0.05, 0.1) is 13.2 Å². The van der Waals surface area contributed by atoms with Crippen LogP contribution in [0.3, 0.4) is 0 Å². The van der Waals surface area contributed by atoms with Crippen molar-refractivity contribution in [2.75, 3.05) is 18.5 Å². The zero-order valence-electron chi connectivity index (χ0n) is 10.8. The molecule has 1 aromatic carbocycles. The lowest BCUT2D eigenvalue weighted by molar-refractivity contribution is -0.114. The molecule has 1 rings (SSSR count). The maximum atomic E-state index is 11.1. The van der Waals surface area contributed by atoms with E-state index in [0.717, 1.165) is 12.2 Å². The summed E-state index contributed by atoms with van der Waals surface area (Å²) in [6.07, 6.45) is 1.01. The van der Waals surface area contributed by atoms with E-state index in [1.807, 2.05) is 18.2 Å². The van der Waals surface area contributed by atoms with Gasteiger partial charge in [0.2, 0.25) is 5.91 Å². The van der Waals surface area contributed by atoms with Crippen LogP contribution in [0.25, 0.3) is 0 Å². The highest BCUT2D eigenvalue weighted by Crippen LogP contribution is 2.17. The molecule has 0 aliphatic carbocycles. The van der Waals surface area contributed by atoms with Crippen molar-refractivity contribution < 1.29 is 9.53 Å². The minimum Gasteiger partial charge on any atom is -0.494 e. The average molecular weight is 273 g/mol. The number of ether oxygens (including phenoxy) is 1. The van der Waals surface area contributed by atoms with E-state index in [1.54, 1.807) is 6.07 Å². The van der Waals surface area contributed by atoms with Crippen molar-refractivity contribution in [2.45, 2.75) is 20.3 Å². The zero-order chi connectivity index (χ0) is 12.7. The molecule has 1 amide bonds. The van der Waals surface area contributed by atoms with E-state index in [-0.39, 0.29) is 24.9 Å². The number of hydrogen-bond donors (Lipinski definition) is 2. The molecular weight excluding hydrogens is 252 g/mol. The smallest absolute Gasteiger partial charge is 0.238 e. The molecule has 0 atom stereocenters. The molecule has 0 radical (unpaired) electrons. The number of anilines is 1. The van der Waals surface area contributed by atoms with Crippen LogP contribution in [-0.4, -0.2) is 19.1 Å². The minimum atomic E-state index is -0.204. The molecule has 18 heavy (non-hydrogen) atoms. The predicted molar refractivity (Wildman–Crippen MR) is 76.3 cm³/mol. The molecule has 0 aromatic heterocycles. The molecule has 0 aliphatic rings. The Morgan fingerprint density at radius 3 is 2.78 bits per heavy atom. The standard InChI is InChI=1S/C13H20N2O2.ClH/c1-10(2)6-7-17-12-5-3-4-11(8-12)15-13(16)9-14;/h3-5,8,10H,6-7,9,14H2,1-2H3,(H,15,16);1H. The van der Waals surface area contributed by atoms with E-state index in [9.17, 15) is 4.79 Å². The van der Waals surface area contributed by atoms with Gasteiger partial charge in [0, 0.05) is 11.8 Å². The summed E-state index contributed by atoms with van der Waals surface area (Å²) in [5.41, 5.74) is 5.94. The number of nitrogens with one attached hydrogen (secondary N) is 1. The van der Waals surface area contributed by atoms with Crippen molar-refractivity contribution in [1.82, 2.24) is 0 Å². The fraction of sp³-hybridized carbons (Fsp3) is 0.462. The minimum absolute atomic E-state index is 0. The maximum Gasteiger partial charge on any atom is 0.238 e. The highest BCUT2D eigenvalue weighted by molar-refractivity contribution is 5.92. The Morgan fingerprint density at radius 1 is 1.44 bits per heavy atom. The maximum absolute atomic E-state index is 11.1. The Labute approximate surface area is 114 Å². The molecule has 0 bridgehead atoms. The van der Waals surface area contributed by atoms with Gasteiger partial charge in [-0.15, -0.1) is 12.4 Å². The van der Waals surface area contributed by atoms with Gasteiger partial charge in [-0.1, -0.05) is 19.9 Å². The topological polar surface area (TPSA) is 64.3 Å². The number of halogens is 1. The third-order valence-corrected chi connectivity index (χ3v) is 2.27. The van der Waals surface area contributed by atoms with Crippen LogP contribution in [0.1, 0.15) is 20.3 Å². The second kappa shape index (κ2) is 8.78. The second-order valence-electron chi connectivity index (χ2n) is 4.31. The molecule has 5 heteroatoms. The average Bonchev–Trinajstić information content (AvgIpc) is 2.29. The van der Waals surface area contributed by atoms with E-state index in [4.69, 9.17) is 10.5 Å². The number of amides is 1. The first-order chi connectivity index (χ1) is 8.11. The van der Waals surface area contributed by atoms with Crippen LogP contribution in [0.2, 0.25) is 0 Å². The Balaban J connectivity index is 0.00000289. The lowest BCUT2D eigenvalue weighted by atomic mass is 10.1. The van der Waals surface area contributed by atoms with E-state index in [1.165, 1.54) is 0 Å². The molecule has 4 nitrogen and oxygen atoms in total. The molecule has 0 fully saturated rings. The largest absolute Gasteiger partial charge is 0.494 e. The molecular formula is C13H21ClN2O2. The van der Waals surface area contributed by atoms with Crippen molar-refractivity contribution in [3.05, 3.63) is 24.3 Å². The lowest BCUT2D eigenvalue weighted by Gasteiger charge is -2.09. The molecule has 3 N–H and O–H groups in total. The van der Waals surface area contributed by atoms with Crippen LogP contribution in [0.5, 0.6) is 5.75 Å². The Morgan fingerprint density at radius 2 is 2.17 bits per heavy atom. The van der Waals surface area contributed by atoms with Crippen LogP contribution in [0.15, 0.2) is 24.3 Å². The van der Waals surface area contributed by atoms with E-state index < -0.39 is 0 Å². The first kappa shape index (κ1) is 16.7.